The minimum Gasteiger partial charge on any atom is -0.378 e. The summed E-state index contributed by atoms with van der Waals surface area (Å²) >= 11 is 0. The molecule has 2 heterocycles. The highest BCUT2D eigenvalue weighted by atomic mass is 16.5. The molecule has 0 unspecified atom stereocenters. The maximum atomic E-state index is 12.2. The Morgan fingerprint density at radius 3 is 2.74 bits per heavy atom. The lowest BCUT2D eigenvalue weighted by Gasteiger charge is -2.17. The van der Waals surface area contributed by atoms with Gasteiger partial charge in [-0.1, -0.05) is 0 Å². The summed E-state index contributed by atoms with van der Waals surface area (Å²) < 4.78 is 5.02. The lowest BCUT2D eigenvalue weighted by atomic mass is 10.2. The molecule has 0 bridgehead atoms. The lowest BCUT2D eigenvalue weighted by Crippen LogP contribution is -2.23. The quantitative estimate of drug-likeness (QED) is 0.856. The molecule has 3 rings (SSSR count). The number of methoxy groups -OCH3 is 1. The molecule has 0 radical (unpaired) electrons. The van der Waals surface area contributed by atoms with Crippen LogP contribution in [0.25, 0.3) is 0 Å². The summed E-state index contributed by atoms with van der Waals surface area (Å²) in [4.78, 5) is 14.6. The van der Waals surface area contributed by atoms with E-state index in [-0.39, 0.29) is 5.91 Å². The first-order valence-corrected chi connectivity index (χ1v) is 7.91. The minimum atomic E-state index is -0.0825. The lowest BCUT2D eigenvalue weighted by molar-refractivity contribution is 0.0950. The summed E-state index contributed by atoms with van der Waals surface area (Å²) in [6.07, 6.45) is 2.49. The molecule has 2 aromatic rings. The third-order valence-corrected chi connectivity index (χ3v) is 4.02. The molecular formula is C17H22N4O2. The average molecular weight is 314 g/mol. The number of aromatic nitrogens is 2. The van der Waals surface area contributed by atoms with Crippen molar-refractivity contribution in [1.29, 1.82) is 0 Å². The Labute approximate surface area is 135 Å². The average Bonchev–Trinajstić information content (AvgIpc) is 3.25. The van der Waals surface area contributed by atoms with E-state index in [2.05, 4.69) is 20.4 Å². The number of anilines is 1. The number of aromatic amines is 1. The van der Waals surface area contributed by atoms with E-state index >= 15 is 0 Å². The molecule has 0 spiro atoms. The van der Waals surface area contributed by atoms with Crippen LogP contribution >= 0.6 is 0 Å². The second kappa shape index (κ2) is 7.28. The summed E-state index contributed by atoms with van der Waals surface area (Å²) in [6, 6.07) is 9.69. The van der Waals surface area contributed by atoms with E-state index in [0.29, 0.717) is 18.7 Å². The van der Waals surface area contributed by atoms with Gasteiger partial charge in [0.15, 0.2) is 0 Å². The van der Waals surface area contributed by atoms with E-state index in [1.807, 2.05) is 30.3 Å². The van der Waals surface area contributed by atoms with Crippen molar-refractivity contribution in [2.24, 2.45) is 0 Å². The number of amides is 1. The van der Waals surface area contributed by atoms with Crippen molar-refractivity contribution in [3.63, 3.8) is 0 Å². The van der Waals surface area contributed by atoms with E-state index in [4.69, 9.17) is 4.74 Å². The highest BCUT2D eigenvalue weighted by Crippen LogP contribution is 2.20. The van der Waals surface area contributed by atoms with Gasteiger partial charge in [0, 0.05) is 31.5 Å². The highest BCUT2D eigenvalue weighted by Gasteiger charge is 2.13. The van der Waals surface area contributed by atoms with Crippen molar-refractivity contribution < 1.29 is 9.53 Å². The molecule has 0 atom stereocenters. The van der Waals surface area contributed by atoms with Gasteiger partial charge in [-0.05, 0) is 43.2 Å². The molecule has 2 N–H and O–H groups in total. The topological polar surface area (TPSA) is 70.2 Å². The van der Waals surface area contributed by atoms with E-state index < -0.39 is 0 Å². The Morgan fingerprint density at radius 1 is 1.30 bits per heavy atom. The molecular weight excluding hydrogens is 292 g/mol. The molecule has 0 saturated carbocycles. The molecule has 6 heteroatoms. The number of hydrogen-bond acceptors (Lipinski definition) is 4. The second-order valence-electron chi connectivity index (χ2n) is 5.74. The molecule has 1 aromatic heterocycles. The molecule has 1 aliphatic heterocycles. The summed E-state index contributed by atoms with van der Waals surface area (Å²) in [5.74, 6) is -0.0825. The van der Waals surface area contributed by atoms with Crippen molar-refractivity contribution in [1.82, 2.24) is 15.5 Å². The van der Waals surface area contributed by atoms with Gasteiger partial charge in [0.2, 0.25) is 0 Å². The largest absolute Gasteiger partial charge is 0.378 e. The van der Waals surface area contributed by atoms with Crippen LogP contribution in [-0.2, 0) is 17.9 Å². The molecule has 1 aliphatic rings. The van der Waals surface area contributed by atoms with E-state index in [9.17, 15) is 4.79 Å². The predicted octanol–water partition coefficient (Wildman–Crippen LogP) is 2.09. The van der Waals surface area contributed by atoms with Crippen LogP contribution in [0.1, 0.15) is 34.6 Å². The Bertz CT molecular complexity index is 645. The van der Waals surface area contributed by atoms with Crippen molar-refractivity contribution in [2.45, 2.75) is 26.0 Å². The third-order valence-electron chi connectivity index (χ3n) is 4.02. The second-order valence-corrected chi connectivity index (χ2v) is 5.74. The number of hydrogen-bond donors (Lipinski definition) is 2. The van der Waals surface area contributed by atoms with Crippen molar-refractivity contribution >= 4 is 11.6 Å². The summed E-state index contributed by atoms with van der Waals surface area (Å²) in [6.45, 7) is 3.09. The van der Waals surface area contributed by atoms with Crippen LogP contribution < -0.4 is 10.2 Å². The molecule has 0 aliphatic carbocycles. The third kappa shape index (κ3) is 3.90. The Morgan fingerprint density at radius 2 is 2.04 bits per heavy atom. The predicted molar refractivity (Wildman–Crippen MR) is 88.4 cm³/mol. The standard InChI is InChI=1S/C17H22N4O2/c1-23-12-15-10-14(19-20-15)11-18-17(22)13-4-6-16(7-5-13)21-8-2-3-9-21/h4-7,10H,2-3,8-9,11-12H2,1H3,(H,18,22)(H,19,20). The van der Waals surface area contributed by atoms with Gasteiger partial charge in [-0.2, -0.15) is 5.10 Å². The minimum absolute atomic E-state index is 0.0825. The fraction of sp³-hybridized carbons (Fsp3) is 0.412. The Hall–Kier alpha value is -2.34. The number of nitrogens with zero attached hydrogens (tertiary/aromatic N) is 2. The number of H-pyrrole nitrogens is 1. The van der Waals surface area contributed by atoms with Crippen LogP contribution in [-0.4, -0.2) is 36.3 Å². The van der Waals surface area contributed by atoms with Crippen molar-refractivity contribution in [3.8, 4) is 0 Å². The number of carbonyl (C=O) groups excluding carboxylic acids is 1. The van der Waals surface area contributed by atoms with E-state index in [0.717, 1.165) is 24.5 Å². The molecule has 1 amide bonds. The van der Waals surface area contributed by atoms with Gasteiger partial charge in [0.1, 0.15) is 0 Å². The maximum absolute atomic E-state index is 12.2. The van der Waals surface area contributed by atoms with Gasteiger partial charge < -0.3 is 15.0 Å². The fourth-order valence-electron chi connectivity index (χ4n) is 2.80. The SMILES string of the molecule is COCc1cc(CNC(=O)c2ccc(N3CCCC3)cc2)[nH]n1. The first-order valence-electron chi connectivity index (χ1n) is 7.91. The molecule has 122 valence electrons. The summed E-state index contributed by atoms with van der Waals surface area (Å²) in [5, 5.41) is 9.89. The molecule has 23 heavy (non-hydrogen) atoms. The number of ether oxygens (including phenoxy) is 1. The maximum Gasteiger partial charge on any atom is 0.251 e. The number of nitrogens with one attached hydrogen (secondary N) is 2. The van der Waals surface area contributed by atoms with Crippen LogP contribution in [0, 0.1) is 0 Å². The number of carbonyl (C=O) groups is 1. The fourth-order valence-corrected chi connectivity index (χ4v) is 2.80. The number of rotatable bonds is 6. The van der Waals surface area contributed by atoms with Crippen LogP contribution in [0.3, 0.4) is 0 Å². The zero-order valence-electron chi connectivity index (χ0n) is 13.3. The summed E-state index contributed by atoms with van der Waals surface area (Å²) in [5.41, 5.74) is 3.55. The van der Waals surface area contributed by atoms with Gasteiger partial charge in [0.05, 0.1) is 24.5 Å². The van der Waals surface area contributed by atoms with Crippen LogP contribution in [0.2, 0.25) is 0 Å². The van der Waals surface area contributed by atoms with Gasteiger partial charge in [0.25, 0.3) is 5.91 Å². The summed E-state index contributed by atoms with van der Waals surface area (Å²) in [7, 11) is 1.63. The van der Waals surface area contributed by atoms with Gasteiger partial charge >= 0.3 is 0 Å². The molecule has 1 saturated heterocycles. The van der Waals surface area contributed by atoms with Crippen LogP contribution in [0.5, 0.6) is 0 Å². The van der Waals surface area contributed by atoms with Gasteiger partial charge in [-0.3, -0.25) is 9.89 Å². The van der Waals surface area contributed by atoms with Gasteiger partial charge in [-0.25, -0.2) is 0 Å². The highest BCUT2D eigenvalue weighted by molar-refractivity contribution is 5.94. The van der Waals surface area contributed by atoms with Crippen LogP contribution in [0.4, 0.5) is 5.69 Å². The van der Waals surface area contributed by atoms with Crippen molar-refractivity contribution in [2.75, 3.05) is 25.1 Å². The first-order chi connectivity index (χ1) is 11.3. The smallest absolute Gasteiger partial charge is 0.251 e. The molecule has 1 fully saturated rings. The van der Waals surface area contributed by atoms with Crippen LogP contribution in [0.15, 0.2) is 30.3 Å². The number of benzene rings is 1. The zero-order chi connectivity index (χ0) is 16.1. The monoisotopic (exact) mass is 314 g/mol. The van der Waals surface area contributed by atoms with Crippen molar-refractivity contribution in [3.05, 3.63) is 47.3 Å². The van der Waals surface area contributed by atoms with E-state index in [1.165, 1.54) is 18.5 Å². The normalized spacial score (nSPS) is 14.2. The Balaban J connectivity index is 1.54. The van der Waals surface area contributed by atoms with Gasteiger partial charge in [-0.15, -0.1) is 0 Å². The molecule has 6 nitrogen and oxygen atoms in total. The zero-order valence-corrected chi connectivity index (χ0v) is 13.3. The Kier molecular flexibility index (Phi) is 4.92. The molecule has 1 aromatic carbocycles. The van der Waals surface area contributed by atoms with E-state index in [1.54, 1.807) is 7.11 Å². The first kappa shape index (κ1) is 15.6.